The molecule has 3 aromatic rings. The molecule has 1 heterocycles. The molecule has 0 aliphatic rings. The molecule has 0 aliphatic carbocycles. The molecule has 0 radical (unpaired) electrons. The standard InChI is InChI=1S/C16H11Cl2FN2O/c1-22-14-6-5-9(7-11(14)17)8-13-15-10(16(18)21-20-13)3-2-4-12(15)19/h2-7H,8H2,1H3. The molecule has 0 unspecified atom stereocenters. The van der Waals surface area contributed by atoms with E-state index in [0.717, 1.165) is 5.56 Å². The molecule has 0 atom stereocenters. The maximum atomic E-state index is 14.2. The van der Waals surface area contributed by atoms with Crippen LogP contribution in [-0.2, 0) is 6.42 Å². The Hall–Kier alpha value is -1.91. The Morgan fingerprint density at radius 3 is 2.68 bits per heavy atom. The van der Waals surface area contributed by atoms with Crippen molar-refractivity contribution in [3.05, 3.63) is 63.6 Å². The van der Waals surface area contributed by atoms with Crippen molar-refractivity contribution in [2.75, 3.05) is 7.11 Å². The fraction of sp³-hybridized carbons (Fsp3) is 0.125. The Balaban J connectivity index is 2.08. The van der Waals surface area contributed by atoms with E-state index in [0.29, 0.717) is 33.7 Å². The minimum absolute atomic E-state index is 0.186. The first-order valence-electron chi connectivity index (χ1n) is 6.52. The molecule has 2 aromatic carbocycles. The van der Waals surface area contributed by atoms with Gasteiger partial charge in [0.2, 0.25) is 0 Å². The molecule has 1 aromatic heterocycles. The van der Waals surface area contributed by atoms with Crippen LogP contribution in [0.25, 0.3) is 10.8 Å². The molecule has 3 rings (SSSR count). The van der Waals surface area contributed by atoms with Gasteiger partial charge in [-0.3, -0.25) is 0 Å². The van der Waals surface area contributed by atoms with Gasteiger partial charge in [-0.15, -0.1) is 5.10 Å². The highest BCUT2D eigenvalue weighted by molar-refractivity contribution is 6.34. The molecule has 0 N–H and O–H groups in total. The van der Waals surface area contributed by atoms with Crippen molar-refractivity contribution < 1.29 is 9.13 Å². The summed E-state index contributed by atoms with van der Waals surface area (Å²) in [5.41, 5.74) is 1.39. The average molecular weight is 337 g/mol. The largest absolute Gasteiger partial charge is 0.495 e. The van der Waals surface area contributed by atoms with E-state index in [1.807, 2.05) is 6.07 Å². The number of fused-ring (bicyclic) bond motifs is 1. The van der Waals surface area contributed by atoms with Gasteiger partial charge in [0.25, 0.3) is 0 Å². The molecule has 0 spiro atoms. The van der Waals surface area contributed by atoms with Gasteiger partial charge in [0.05, 0.1) is 17.8 Å². The zero-order valence-corrected chi connectivity index (χ0v) is 13.1. The average Bonchev–Trinajstić information content (AvgIpc) is 2.51. The van der Waals surface area contributed by atoms with Crippen molar-refractivity contribution in [3.63, 3.8) is 0 Å². The van der Waals surface area contributed by atoms with E-state index in [4.69, 9.17) is 27.9 Å². The lowest BCUT2D eigenvalue weighted by atomic mass is 10.0. The van der Waals surface area contributed by atoms with Crippen molar-refractivity contribution in [1.29, 1.82) is 0 Å². The van der Waals surface area contributed by atoms with Crippen LogP contribution in [0.15, 0.2) is 36.4 Å². The van der Waals surface area contributed by atoms with Gasteiger partial charge < -0.3 is 4.74 Å². The highest BCUT2D eigenvalue weighted by atomic mass is 35.5. The van der Waals surface area contributed by atoms with Crippen LogP contribution in [0.1, 0.15) is 11.3 Å². The summed E-state index contributed by atoms with van der Waals surface area (Å²) in [7, 11) is 1.55. The fourth-order valence-corrected chi connectivity index (χ4v) is 2.81. The molecule has 0 bridgehead atoms. The number of halogens is 3. The van der Waals surface area contributed by atoms with Crippen LogP contribution in [0.2, 0.25) is 10.2 Å². The maximum absolute atomic E-state index is 14.2. The molecule has 6 heteroatoms. The van der Waals surface area contributed by atoms with Gasteiger partial charge in [0.1, 0.15) is 11.6 Å². The van der Waals surface area contributed by atoms with Crippen LogP contribution in [0, 0.1) is 5.82 Å². The van der Waals surface area contributed by atoms with Gasteiger partial charge >= 0.3 is 0 Å². The third-order valence-electron chi connectivity index (χ3n) is 3.37. The van der Waals surface area contributed by atoms with Crippen LogP contribution >= 0.6 is 23.2 Å². The number of methoxy groups -OCH3 is 1. The van der Waals surface area contributed by atoms with Crippen LogP contribution in [0.3, 0.4) is 0 Å². The summed E-state index contributed by atoms with van der Waals surface area (Å²) in [6.07, 6.45) is 0.394. The summed E-state index contributed by atoms with van der Waals surface area (Å²) in [5, 5.41) is 9.54. The first-order valence-corrected chi connectivity index (χ1v) is 7.27. The quantitative estimate of drug-likeness (QED) is 0.696. The summed E-state index contributed by atoms with van der Waals surface area (Å²) >= 11 is 12.1. The molecule has 3 nitrogen and oxygen atoms in total. The van der Waals surface area contributed by atoms with E-state index in [1.54, 1.807) is 31.4 Å². The molecular weight excluding hydrogens is 326 g/mol. The third-order valence-corrected chi connectivity index (χ3v) is 3.95. The minimum Gasteiger partial charge on any atom is -0.495 e. The highest BCUT2D eigenvalue weighted by Crippen LogP contribution is 2.29. The normalized spacial score (nSPS) is 10.9. The summed E-state index contributed by atoms with van der Waals surface area (Å²) < 4.78 is 19.3. The lowest BCUT2D eigenvalue weighted by Crippen LogP contribution is -1.99. The fourth-order valence-electron chi connectivity index (χ4n) is 2.33. The topological polar surface area (TPSA) is 35.0 Å². The Morgan fingerprint density at radius 1 is 1.14 bits per heavy atom. The second kappa shape index (κ2) is 6.07. The van der Waals surface area contributed by atoms with E-state index in [2.05, 4.69) is 10.2 Å². The predicted octanol–water partition coefficient (Wildman–Crippen LogP) is 4.68. The van der Waals surface area contributed by atoms with E-state index in [9.17, 15) is 4.39 Å². The number of aromatic nitrogens is 2. The van der Waals surface area contributed by atoms with Crippen LogP contribution in [0.4, 0.5) is 4.39 Å². The Morgan fingerprint density at radius 2 is 1.95 bits per heavy atom. The van der Waals surface area contributed by atoms with Crippen LogP contribution in [0.5, 0.6) is 5.75 Å². The second-order valence-electron chi connectivity index (χ2n) is 4.75. The number of benzene rings is 2. The van der Waals surface area contributed by atoms with Gasteiger partial charge in [-0.2, -0.15) is 5.10 Å². The van der Waals surface area contributed by atoms with Gasteiger partial charge in [0.15, 0.2) is 5.15 Å². The second-order valence-corrected chi connectivity index (χ2v) is 5.51. The van der Waals surface area contributed by atoms with Crippen LogP contribution in [-0.4, -0.2) is 17.3 Å². The Labute approximate surface area is 136 Å². The maximum Gasteiger partial charge on any atom is 0.159 e. The summed E-state index contributed by atoms with van der Waals surface area (Å²) in [6.45, 7) is 0. The van der Waals surface area contributed by atoms with E-state index >= 15 is 0 Å². The molecular formula is C16H11Cl2FN2O. The smallest absolute Gasteiger partial charge is 0.159 e. The van der Waals surface area contributed by atoms with E-state index < -0.39 is 0 Å². The third kappa shape index (κ3) is 2.72. The lowest BCUT2D eigenvalue weighted by molar-refractivity contribution is 0.415. The highest BCUT2D eigenvalue weighted by Gasteiger charge is 2.13. The van der Waals surface area contributed by atoms with Crippen molar-refractivity contribution >= 4 is 34.0 Å². The van der Waals surface area contributed by atoms with Crippen LogP contribution < -0.4 is 4.74 Å². The Kier molecular flexibility index (Phi) is 4.14. The first-order chi connectivity index (χ1) is 10.6. The van der Waals surface area contributed by atoms with Gasteiger partial charge in [-0.1, -0.05) is 41.4 Å². The lowest BCUT2D eigenvalue weighted by Gasteiger charge is -2.09. The summed E-state index contributed by atoms with van der Waals surface area (Å²) in [4.78, 5) is 0. The minimum atomic E-state index is -0.371. The predicted molar refractivity (Wildman–Crippen MR) is 85.3 cm³/mol. The summed E-state index contributed by atoms with van der Waals surface area (Å²) in [5.74, 6) is 0.215. The van der Waals surface area contributed by atoms with Gasteiger partial charge in [-0.05, 0) is 23.8 Å². The van der Waals surface area contributed by atoms with Crippen molar-refractivity contribution in [3.8, 4) is 5.75 Å². The van der Waals surface area contributed by atoms with Crippen molar-refractivity contribution in [1.82, 2.24) is 10.2 Å². The number of hydrogen-bond acceptors (Lipinski definition) is 3. The first kappa shape index (κ1) is 15.0. The molecule has 0 saturated heterocycles. The molecule has 0 saturated carbocycles. The Bertz CT molecular complexity index is 855. The van der Waals surface area contributed by atoms with Crippen molar-refractivity contribution in [2.45, 2.75) is 6.42 Å². The zero-order chi connectivity index (χ0) is 15.7. The van der Waals surface area contributed by atoms with Gasteiger partial charge in [0, 0.05) is 17.2 Å². The number of hydrogen-bond donors (Lipinski definition) is 0. The SMILES string of the molecule is COc1ccc(Cc2nnc(Cl)c3cccc(F)c23)cc1Cl. The number of nitrogens with zero attached hydrogens (tertiary/aromatic N) is 2. The number of ether oxygens (including phenoxy) is 1. The molecule has 0 amide bonds. The number of rotatable bonds is 3. The molecule has 0 fully saturated rings. The summed E-state index contributed by atoms with van der Waals surface area (Å²) in [6, 6.07) is 10.1. The van der Waals surface area contributed by atoms with Crippen molar-refractivity contribution in [2.24, 2.45) is 0 Å². The molecule has 0 aliphatic heterocycles. The molecule has 112 valence electrons. The van der Waals surface area contributed by atoms with Gasteiger partial charge in [-0.25, -0.2) is 4.39 Å². The monoisotopic (exact) mass is 336 g/mol. The molecule has 22 heavy (non-hydrogen) atoms. The zero-order valence-electron chi connectivity index (χ0n) is 11.6. The van der Waals surface area contributed by atoms with E-state index in [1.165, 1.54) is 6.07 Å². The van der Waals surface area contributed by atoms with E-state index in [-0.39, 0.29) is 11.0 Å².